The number of hydrogen-bond donors (Lipinski definition) is 3. The molecule has 0 radical (unpaired) electrons. The average molecular weight is 338 g/mol. The van der Waals surface area contributed by atoms with E-state index in [0.29, 0.717) is 17.9 Å². The second kappa shape index (κ2) is 8.20. The van der Waals surface area contributed by atoms with Crippen LogP contribution in [0.5, 0.6) is 11.5 Å². The molecular weight excluding hydrogens is 314 g/mol. The second-order valence-electron chi connectivity index (χ2n) is 6.12. The van der Waals surface area contributed by atoms with Crippen LogP contribution in [-0.2, 0) is 6.61 Å². The summed E-state index contributed by atoms with van der Waals surface area (Å²) in [5, 5.41) is 19.6. The molecule has 126 valence electrons. The van der Waals surface area contributed by atoms with Crippen molar-refractivity contribution in [1.29, 1.82) is 0 Å². The number of halogens is 1. The fraction of sp³-hybridized carbons (Fsp3) is 0.333. The first-order chi connectivity index (χ1) is 10.4. The van der Waals surface area contributed by atoms with Crippen LogP contribution in [0.4, 0.5) is 0 Å². The van der Waals surface area contributed by atoms with Crippen molar-refractivity contribution >= 4 is 12.4 Å². The largest absolute Gasteiger partial charge is 0.507 e. The standard InChI is InChI=1S/C18H23NO3.ClH/c1-18(2,12-20)17(19)15-9-8-14(10-16(15)21)22-11-13-6-4-3-5-7-13;/h3-10,17,20-21H,11-12,19H2,1-2H3;1H/t17-;/m1./s1. The lowest BCUT2D eigenvalue weighted by molar-refractivity contribution is 0.131. The molecule has 4 N–H and O–H groups in total. The number of phenolic OH excluding ortho intramolecular Hbond substituents is 1. The lowest BCUT2D eigenvalue weighted by atomic mass is 9.81. The van der Waals surface area contributed by atoms with Crippen molar-refractivity contribution in [1.82, 2.24) is 0 Å². The molecule has 0 saturated heterocycles. The third kappa shape index (κ3) is 4.86. The van der Waals surface area contributed by atoms with Gasteiger partial charge in [0.2, 0.25) is 0 Å². The number of ether oxygens (including phenoxy) is 1. The van der Waals surface area contributed by atoms with E-state index in [4.69, 9.17) is 10.5 Å². The normalized spacial score (nSPS) is 12.3. The van der Waals surface area contributed by atoms with Crippen molar-refractivity contribution in [3.8, 4) is 11.5 Å². The highest BCUT2D eigenvalue weighted by Crippen LogP contribution is 2.36. The molecule has 0 aliphatic rings. The molecule has 5 heteroatoms. The topological polar surface area (TPSA) is 75.7 Å². The Hall–Kier alpha value is -1.75. The molecule has 1 atom stereocenters. The summed E-state index contributed by atoms with van der Waals surface area (Å²) in [6.07, 6.45) is 0. The monoisotopic (exact) mass is 337 g/mol. The van der Waals surface area contributed by atoms with E-state index < -0.39 is 11.5 Å². The number of phenols is 1. The molecule has 2 aromatic rings. The summed E-state index contributed by atoms with van der Waals surface area (Å²) >= 11 is 0. The zero-order valence-electron chi connectivity index (χ0n) is 13.4. The van der Waals surface area contributed by atoms with E-state index in [-0.39, 0.29) is 24.8 Å². The Balaban J connectivity index is 0.00000264. The van der Waals surface area contributed by atoms with Crippen molar-refractivity contribution in [3.05, 3.63) is 59.7 Å². The highest BCUT2D eigenvalue weighted by molar-refractivity contribution is 5.85. The van der Waals surface area contributed by atoms with Gasteiger partial charge in [0.15, 0.2) is 0 Å². The molecule has 0 spiro atoms. The molecule has 23 heavy (non-hydrogen) atoms. The average Bonchev–Trinajstić information content (AvgIpc) is 2.53. The fourth-order valence-corrected chi connectivity index (χ4v) is 2.14. The van der Waals surface area contributed by atoms with Crippen molar-refractivity contribution in [3.63, 3.8) is 0 Å². The molecular formula is C18H24ClNO3. The molecule has 0 bridgehead atoms. The number of nitrogens with two attached hydrogens (primary N) is 1. The maximum absolute atomic E-state index is 10.2. The van der Waals surface area contributed by atoms with Crippen molar-refractivity contribution in [2.75, 3.05) is 6.61 Å². The molecule has 2 aromatic carbocycles. The van der Waals surface area contributed by atoms with Gasteiger partial charge in [-0.05, 0) is 11.6 Å². The number of aliphatic hydroxyl groups excluding tert-OH is 1. The van der Waals surface area contributed by atoms with Crippen LogP contribution in [0.1, 0.15) is 31.0 Å². The summed E-state index contributed by atoms with van der Waals surface area (Å²) in [4.78, 5) is 0. The number of aliphatic hydroxyl groups is 1. The summed E-state index contributed by atoms with van der Waals surface area (Å²) in [7, 11) is 0. The molecule has 0 aliphatic heterocycles. The van der Waals surface area contributed by atoms with Crippen molar-refractivity contribution < 1.29 is 14.9 Å². The van der Waals surface area contributed by atoms with Crippen LogP contribution in [0, 0.1) is 5.41 Å². The van der Waals surface area contributed by atoms with E-state index in [0.717, 1.165) is 5.56 Å². The molecule has 4 nitrogen and oxygen atoms in total. The van der Waals surface area contributed by atoms with Crippen molar-refractivity contribution in [2.45, 2.75) is 26.5 Å². The zero-order valence-corrected chi connectivity index (χ0v) is 14.2. The Bertz CT molecular complexity index is 617. The number of hydrogen-bond acceptors (Lipinski definition) is 4. The maximum Gasteiger partial charge on any atom is 0.124 e. The van der Waals surface area contributed by atoms with Gasteiger partial charge in [-0.2, -0.15) is 0 Å². The Morgan fingerprint density at radius 2 is 1.78 bits per heavy atom. The summed E-state index contributed by atoms with van der Waals surface area (Å²) < 4.78 is 5.67. The molecule has 0 aromatic heterocycles. The van der Waals surface area contributed by atoms with Crippen LogP contribution in [0.2, 0.25) is 0 Å². The van der Waals surface area contributed by atoms with Crippen LogP contribution in [0.3, 0.4) is 0 Å². The van der Waals surface area contributed by atoms with Crippen LogP contribution in [0.15, 0.2) is 48.5 Å². The third-order valence-electron chi connectivity index (χ3n) is 3.83. The molecule has 2 rings (SSSR count). The van der Waals surface area contributed by atoms with Crippen LogP contribution < -0.4 is 10.5 Å². The molecule has 0 unspecified atom stereocenters. The lowest BCUT2D eigenvalue weighted by Gasteiger charge is -2.30. The molecule has 0 heterocycles. The number of rotatable bonds is 6. The summed E-state index contributed by atoms with van der Waals surface area (Å²) in [5.41, 5.74) is 7.29. The molecule has 0 aliphatic carbocycles. The van der Waals surface area contributed by atoms with E-state index in [1.165, 1.54) is 0 Å². The van der Waals surface area contributed by atoms with Gasteiger partial charge in [-0.25, -0.2) is 0 Å². The van der Waals surface area contributed by atoms with Gasteiger partial charge < -0.3 is 20.7 Å². The van der Waals surface area contributed by atoms with Crippen LogP contribution in [-0.4, -0.2) is 16.8 Å². The van der Waals surface area contributed by atoms with E-state index in [1.807, 2.05) is 44.2 Å². The zero-order chi connectivity index (χ0) is 16.2. The van der Waals surface area contributed by atoms with Crippen molar-refractivity contribution in [2.24, 2.45) is 11.1 Å². The van der Waals surface area contributed by atoms with Gasteiger partial charge in [0, 0.05) is 29.7 Å². The van der Waals surface area contributed by atoms with E-state index in [1.54, 1.807) is 18.2 Å². The van der Waals surface area contributed by atoms with Gasteiger partial charge in [0.1, 0.15) is 18.1 Å². The summed E-state index contributed by atoms with van der Waals surface area (Å²) in [6.45, 7) is 4.10. The molecule has 0 saturated carbocycles. The minimum Gasteiger partial charge on any atom is -0.507 e. The first-order valence-corrected chi connectivity index (χ1v) is 7.30. The second-order valence-corrected chi connectivity index (χ2v) is 6.12. The van der Waals surface area contributed by atoms with E-state index in [9.17, 15) is 10.2 Å². The minimum absolute atomic E-state index is 0. The van der Waals surface area contributed by atoms with Crippen LogP contribution in [0.25, 0.3) is 0 Å². The van der Waals surface area contributed by atoms with Crippen LogP contribution >= 0.6 is 12.4 Å². The summed E-state index contributed by atoms with van der Waals surface area (Å²) in [6, 6.07) is 14.5. The van der Waals surface area contributed by atoms with Gasteiger partial charge in [0.05, 0.1) is 0 Å². The van der Waals surface area contributed by atoms with Gasteiger partial charge >= 0.3 is 0 Å². The predicted octanol–water partition coefficient (Wildman–Crippen LogP) is 3.41. The first-order valence-electron chi connectivity index (χ1n) is 7.30. The molecule has 0 amide bonds. The smallest absolute Gasteiger partial charge is 0.124 e. The van der Waals surface area contributed by atoms with Gasteiger partial charge in [0.25, 0.3) is 0 Å². The first kappa shape index (κ1) is 19.3. The van der Waals surface area contributed by atoms with Gasteiger partial charge in [-0.1, -0.05) is 50.2 Å². The Morgan fingerprint density at radius 3 is 2.35 bits per heavy atom. The highest BCUT2D eigenvalue weighted by Gasteiger charge is 2.28. The number of benzene rings is 2. The van der Waals surface area contributed by atoms with Gasteiger partial charge in [-0.15, -0.1) is 12.4 Å². The minimum atomic E-state index is -0.510. The Labute approximate surface area is 143 Å². The van der Waals surface area contributed by atoms with E-state index in [2.05, 4.69) is 0 Å². The quantitative estimate of drug-likeness (QED) is 0.755. The van der Waals surface area contributed by atoms with Gasteiger partial charge in [-0.3, -0.25) is 0 Å². The maximum atomic E-state index is 10.2. The summed E-state index contributed by atoms with van der Waals surface area (Å²) in [5.74, 6) is 0.665. The SMILES string of the molecule is CC(C)(CO)[C@H](N)c1ccc(OCc2ccccc2)cc1O.Cl. The third-order valence-corrected chi connectivity index (χ3v) is 3.83. The lowest BCUT2D eigenvalue weighted by Crippen LogP contribution is -2.32. The molecule has 0 fully saturated rings. The predicted molar refractivity (Wildman–Crippen MR) is 93.9 cm³/mol. The highest BCUT2D eigenvalue weighted by atomic mass is 35.5. The Kier molecular flexibility index (Phi) is 6.88. The van der Waals surface area contributed by atoms with E-state index >= 15 is 0 Å². The Morgan fingerprint density at radius 1 is 1.13 bits per heavy atom. The fourth-order valence-electron chi connectivity index (χ4n) is 2.14. The number of aromatic hydroxyl groups is 1.